The highest BCUT2D eigenvalue weighted by Gasteiger charge is 2.52. The number of nitrogens with zero attached hydrogens (tertiary/aromatic N) is 1. The number of hydrogen-bond acceptors (Lipinski definition) is 0. The number of benzene rings is 1. The van der Waals surface area contributed by atoms with Crippen LogP contribution in [0.25, 0.3) is 0 Å². The molecule has 5 atom stereocenters. The van der Waals surface area contributed by atoms with Gasteiger partial charge in [-0.05, 0) is 60.8 Å². The number of quaternary nitrogens is 1. The second-order valence-corrected chi connectivity index (χ2v) is 8.96. The van der Waals surface area contributed by atoms with Crippen molar-refractivity contribution in [1.29, 1.82) is 0 Å². The molecule has 2 saturated carbocycles. The van der Waals surface area contributed by atoms with Crippen LogP contribution in [0, 0.1) is 23.7 Å². The molecule has 4 rings (SSSR count). The highest BCUT2D eigenvalue weighted by molar-refractivity contribution is 5.28. The normalized spacial score (nSPS) is 36.6. The van der Waals surface area contributed by atoms with E-state index in [-0.39, 0.29) is 0 Å². The van der Waals surface area contributed by atoms with E-state index in [2.05, 4.69) is 57.6 Å². The molecule has 0 saturated heterocycles. The summed E-state index contributed by atoms with van der Waals surface area (Å²) in [5.41, 5.74) is 3.09. The molecule has 2 fully saturated rings. The highest BCUT2D eigenvalue weighted by atomic mass is 15.3. The van der Waals surface area contributed by atoms with Gasteiger partial charge in [-0.3, -0.25) is 0 Å². The van der Waals surface area contributed by atoms with Crippen LogP contribution >= 0.6 is 0 Å². The minimum atomic E-state index is 0.843. The molecule has 0 spiro atoms. The van der Waals surface area contributed by atoms with Gasteiger partial charge in [0, 0.05) is 5.56 Å². The smallest absolute Gasteiger partial charge is 0.104 e. The molecule has 118 valence electrons. The Morgan fingerprint density at radius 1 is 0.864 bits per heavy atom. The van der Waals surface area contributed by atoms with Gasteiger partial charge in [-0.2, -0.15) is 0 Å². The molecule has 1 aromatic rings. The first-order valence-corrected chi connectivity index (χ1v) is 9.05. The number of fused-ring (bicyclic) bond motifs is 5. The summed E-state index contributed by atoms with van der Waals surface area (Å²) in [5, 5.41) is 0. The predicted molar refractivity (Wildman–Crippen MR) is 92.5 cm³/mol. The van der Waals surface area contributed by atoms with Gasteiger partial charge < -0.3 is 4.48 Å². The molecular weight excluding hydrogens is 266 g/mol. The van der Waals surface area contributed by atoms with Crippen molar-refractivity contribution < 1.29 is 4.48 Å². The van der Waals surface area contributed by atoms with Crippen LogP contribution in [0.15, 0.2) is 36.4 Å². The molecule has 1 nitrogen and oxygen atoms in total. The average molecular weight is 296 g/mol. The van der Waals surface area contributed by atoms with E-state index in [1.54, 1.807) is 5.56 Å². The lowest BCUT2D eigenvalue weighted by Gasteiger charge is -2.37. The monoisotopic (exact) mass is 296 g/mol. The van der Waals surface area contributed by atoms with Gasteiger partial charge in [0.1, 0.15) is 6.54 Å². The molecule has 1 aromatic carbocycles. The van der Waals surface area contributed by atoms with E-state index in [4.69, 9.17) is 0 Å². The van der Waals surface area contributed by atoms with Crippen LogP contribution in [0.1, 0.15) is 42.7 Å². The van der Waals surface area contributed by atoms with Crippen LogP contribution < -0.4 is 0 Å². The molecule has 3 aliphatic carbocycles. The lowest BCUT2D eigenvalue weighted by Crippen LogP contribution is -2.33. The van der Waals surface area contributed by atoms with E-state index < -0.39 is 0 Å². The van der Waals surface area contributed by atoms with Gasteiger partial charge in [0.2, 0.25) is 0 Å². The lowest BCUT2D eigenvalue weighted by atomic mass is 9.68. The van der Waals surface area contributed by atoms with E-state index in [0.29, 0.717) is 0 Å². The van der Waals surface area contributed by atoms with Crippen LogP contribution in [0.4, 0.5) is 0 Å². The third kappa shape index (κ3) is 2.54. The maximum Gasteiger partial charge on any atom is 0.104 e. The maximum absolute atomic E-state index is 2.45. The Bertz CT molecular complexity index is 563. The van der Waals surface area contributed by atoms with Crippen LogP contribution in [-0.4, -0.2) is 25.6 Å². The van der Waals surface area contributed by atoms with Crippen LogP contribution in [0.3, 0.4) is 0 Å². The van der Waals surface area contributed by atoms with Crippen molar-refractivity contribution in [3.8, 4) is 0 Å². The first-order chi connectivity index (χ1) is 10.5. The summed E-state index contributed by atoms with van der Waals surface area (Å²) in [6.45, 7) is 1.12. The van der Waals surface area contributed by atoms with Gasteiger partial charge in [0.15, 0.2) is 0 Å². The Hall–Kier alpha value is -1.08. The molecule has 0 radical (unpaired) electrons. The van der Waals surface area contributed by atoms with E-state index in [9.17, 15) is 0 Å². The fourth-order valence-corrected chi connectivity index (χ4v) is 5.63. The standard InChI is InChI=1S/C21H30N/c1-22(2,3)14-15-8-10-16(11-9-15)20-12-17-13-21(20)19-7-5-4-6-18(17)19/h4-5,8-11,17-21H,6-7,12-14H2,1-3H3/q+1. The molecular formula is C21H30N+. The molecule has 0 aliphatic heterocycles. The molecule has 1 heteroatoms. The van der Waals surface area contributed by atoms with Crippen molar-refractivity contribution in [3.63, 3.8) is 0 Å². The largest absolute Gasteiger partial charge is 0.327 e. The zero-order valence-electron chi connectivity index (χ0n) is 14.3. The Morgan fingerprint density at radius 2 is 1.55 bits per heavy atom. The summed E-state index contributed by atoms with van der Waals surface area (Å²) < 4.78 is 1.00. The molecule has 0 aromatic heterocycles. The van der Waals surface area contributed by atoms with Crippen molar-refractivity contribution in [2.45, 2.75) is 38.1 Å². The maximum atomic E-state index is 2.45. The summed E-state index contributed by atoms with van der Waals surface area (Å²) in [4.78, 5) is 0. The quantitative estimate of drug-likeness (QED) is 0.565. The summed E-state index contributed by atoms with van der Waals surface area (Å²) in [7, 11) is 6.79. The first-order valence-electron chi connectivity index (χ1n) is 9.05. The zero-order valence-corrected chi connectivity index (χ0v) is 14.3. The van der Waals surface area contributed by atoms with E-state index in [1.165, 1.54) is 31.2 Å². The van der Waals surface area contributed by atoms with Gasteiger partial charge in [-0.15, -0.1) is 0 Å². The summed E-state index contributed by atoms with van der Waals surface area (Å²) in [6, 6.07) is 9.63. The average Bonchev–Trinajstić information content (AvgIpc) is 3.06. The second-order valence-electron chi connectivity index (χ2n) is 8.96. The third-order valence-electron chi connectivity index (χ3n) is 6.40. The summed E-state index contributed by atoms with van der Waals surface area (Å²) in [5.74, 6) is 4.82. The SMILES string of the molecule is C[N+](C)(C)Cc1ccc(C2CC3CC2C2CC=CCC32)cc1. The molecule has 5 unspecified atom stereocenters. The molecule has 0 N–H and O–H groups in total. The topological polar surface area (TPSA) is 0 Å². The Morgan fingerprint density at radius 3 is 2.23 bits per heavy atom. The van der Waals surface area contributed by atoms with Gasteiger partial charge >= 0.3 is 0 Å². The van der Waals surface area contributed by atoms with Crippen LogP contribution in [-0.2, 0) is 6.54 Å². The predicted octanol–water partition coefficient (Wildman–Crippen LogP) is 4.60. The van der Waals surface area contributed by atoms with Crippen LogP contribution in [0.5, 0.6) is 0 Å². The molecule has 2 bridgehead atoms. The third-order valence-corrected chi connectivity index (χ3v) is 6.40. The van der Waals surface area contributed by atoms with Crippen molar-refractivity contribution in [2.24, 2.45) is 23.7 Å². The van der Waals surface area contributed by atoms with E-state index in [1.807, 2.05) is 0 Å². The van der Waals surface area contributed by atoms with Crippen molar-refractivity contribution in [2.75, 3.05) is 21.1 Å². The fourth-order valence-electron chi connectivity index (χ4n) is 5.63. The van der Waals surface area contributed by atoms with Gasteiger partial charge in [-0.1, -0.05) is 36.4 Å². The molecule has 3 aliphatic rings. The second kappa shape index (κ2) is 5.23. The fraction of sp³-hybridized carbons (Fsp3) is 0.619. The van der Waals surface area contributed by atoms with Gasteiger partial charge in [0.25, 0.3) is 0 Å². The number of rotatable bonds is 3. The minimum Gasteiger partial charge on any atom is -0.327 e. The highest BCUT2D eigenvalue weighted by Crippen LogP contribution is 2.61. The lowest BCUT2D eigenvalue weighted by molar-refractivity contribution is -0.884. The van der Waals surface area contributed by atoms with Crippen molar-refractivity contribution in [1.82, 2.24) is 0 Å². The van der Waals surface area contributed by atoms with Crippen molar-refractivity contribution in [3.05, 3.63) is 47.5 Å². The molecule has 0 amide bonds. The van der Waals surface area contributed by atoms with E-state index >= 15 is 0 Å². The zero-order chi connectivity index (χ0) is 15.3. The van der Waals surface area contributed by atoms with Crippen LogP contribution in [0.2, 0.25) is 0 Å². The number of hydrogen-bond donors (Lipinski definition) is 0. The van der Waals surface area contributed by atoms with E-state index in [0.717, 1.165) is 40.6 Å². The Labute approximate surface area is 135 Å². The van der Waals surface area contributed by atoms with Gasteiger partial charge in [-0.25, -0.2) is 0 Å². The number of allylic oxidation sites excluding steroid dienone is 2. The first kappa shape index (κ1) is 14.5. The van der Waals surface area contributed by atoms with Crippen molar-refractivity contribution >= 4 is 0 Å². The molecule has 22 heavy (non-hydrogen) atoms. The summed E-state index contributed by atoms with van der Waals surface area (Å²) in [6.07, 6.45) is 10.6. The Balaban J connectivity index is 1.51. The minimum absolute atomic E-state index is 0.843. The van der Waals surface area contributed by atoms with Gasteiger partial charge in [0.05, 0.1) is 21.1 Å². The summed E-state index contributed by atoms with van der Waals surface area (Å²) >= 11 is 0. The Kier molecular flexibility index (Phi) is 3.45. The molecule has 0 heterocycles.